The zero-order valence-electron chi connectivity index (χ0n) is 31.3. The molecule has 0 aliphatic rings. The summed E-state index contributed by atoms with van der Waals surface area (Å²) in [6.45, 7) is 0. The number of hydrogen-bond donors (Lipinski definition) is 0. The number of furan rings is 1. The molecule has 0 saturated carbocycles. The largest absolute Gasteiger partial charge is 0.455 e. The van der Waals surface area contributed by atoms with Crippen LogP contribution in [0.15, 0.2) is 211 Å². The Kier molecular flexibility index (Phi) is 7.40. The summed E-state index contributed by atoms with van der Waals surface area (Å²) in [7, 11) is 0. The molecule has 58 heavy (non-hydrogen) atoms. The molecule has 0 unspecified atom stereocenters. The van der Waals surface area contributed by atoms with E-state index in [9.17, 15) is 0 Å². The van der Waals surface area contributed by atoms with Gasteiger partial charge in [-0.15, -0.1) is 11.3 Å². The number of rotatable bonds is 6. The van der Waals surface area contributed by atoms with Crippen molar-refractivity contribution >= 4 is 92.3 Å². The van der Waals surface area contributed by atoms with Gasteiger partial charge in [0.15, 0.2) is 0 Å². The average molecular weight is 759 g/mol. The van der Waals surface area contributed by atoms with Gasteiger partial charge in [0, 0.05) is 75.5 Å². The molecule has 272 valence electrons. The van der Waals surface area contributed by atoms with E-state index in [2.05, 4.69) is 210 Å². The fraction of sp³-hybridized carbons (Fsp3) is 0. The van der Waals surface area contributed by atoms with Crippen molar-refractivity contribution in [2.75, 3.05) is 4.90 Å². The van der Waals surface area contributed by atoms with Crippen LogP contribution >= 0.6 is 11.3 Å². The maximum atomic E-state index is 6.62. The maximum Gasteiger partial charge on any atom is 0.143 e. The quantitative estimate of drug-likeness (QED) is 0.168. The Morgan fingerprint density at radius 3 is 1.83 bits per heavy atom. The summed E-state index contributed by atoms with van der Waals surface area (Å²) in [6, 6.07) is 74.4. The van der Waals surface area contributed by atoms with Gasteiger partial charge in [0.25, 0.3) is 0 Å². The van der Waals surface area contributed by atoms with Crippen molar-refractivity contribution in [3.05, 3.63) is 206 Å². The van der Waals surface area contributed by atoms with Gasteiger partial charge < -0.3 is 13.9 Å². The van der Waals surface area contributed by atoms with Crippen LogP contribution in [0.4, 0.5) is 17.1 Å². The highest BCUT2D eigenvalue weighted by Gasteiger charge is 2.23. The van der Waals surface area contributed by atoms with Crippen LogP contribution in [0.1, 0.15) is 0 Å². The standard InChI is InChI=1S/C54H34N2OS/c1-2-15-36(16-3-1)55(48-24-9-6-19-41(48)44-22-14-23-45-42-20-7-12-27-51(42)57-53(44)45)38-33-46(54-47(34-38)43-21-8-13-28-52(43)58-54)35-29-31-37(32-30-35)56-49-25-10-4-17-39(49)40-18-5-11-26-50(40)56/h1-34H. The molecule has 0 amide bonds. The minimum atomic E-state index is 0.894. The molecule has 0 fully saturated rings. The first-order valence-electron chi connectivity index (χ1n) is 19.7. The highest BCUT2D eigenvalue weighted by molar-refractivity contribution is 7.26. The third-order valence-electron chi connectivity index (χ3n) is 11.6. The summed E-state index contributed by atoms with van der Waals surface area (Å²) in [5, 5.41) is 7.28. The van der Waals surface area contributed by atoms with Crippen molar-refractivity contribution < 1.29 is 4.42 Å². The van der Waals surface area contributed by atoms with Crippen molar-refractivity contribution in [1.29, 1.82) is 0 Å². The summed E-state index contributed by atoms with van der Waals surface area (Å²) in [5.74, 6) is 0. The lowest BCUT2D eigenvalue weighted by molar-refractivity contribution is 0.670. The van der Waals surface area contributed by atoms with Crippen LogP contribution in [0, 0.1) is 0 Å². The van der Waals surface area contributed by atoms with Gasteiger partial charge in [-0.05, 0) is 72.3 Å². The van der Waals surface area contributed by atoms with Crippen molar-refractivity contribution in [3.63, 3.8) is 0 Å². The summed E-state index contributed by atoms with van der Waals surface area (Å²) < 4.78 is 11.6. The molecule has 12 aromatic rings. The lowest BCUT2D eigenvalue weighted by atomic mass is 9.97. The molecule has 0 spiro atoms. The third kappa shape index (κ3) is 5.05. The minimum absolute atomic E-state index is 0.894. The highest BCUT2D eigenvalue weighted by atomic mass is 32.1. The summed E-state index contributed by atoms with van der Waals surface area (Å²) in [5.41, 5.74) is 13.2. The second kappa shape index (κ2) is 13.1. The zero-order valence-corrected chi connectivity index (χ0v) is 32.2. The summed E-state index contributed by atoms with van der Waals surface area (Å²) in [6.07, 6.45) is 0. The molecule has 0 bridgehead atoms. The van der Waals surface area contributed by atoms with Gasteiger partial charge in [0.2, 0.25) is 0 Å². The molecule has 9 aromatic carbocycles. The molecular formula is C54H34N2OS. The van der Waals surface area contributed by atoms with Crippen LogP contribution in [0.5, 0.6) is 0 Å². The van der Waals surface area contributed by atoms with Gasteiger partial charge in [-0.3, -0.25) is 0 Å². The van der Waals surface area contributed by atoms with E-state index in [0.717, 1.165) is 55.8 Å². The topological polar surface area (TPSA) is 21.3 Å². The van der Waals surface area contributed by atoms with Crippen LogP contribution in [0.25, 0.3) is 91.9 Å². The smallest absolute Gasteiger partial charge is 0.143 e. The summed E-state index contributed by atoms with van der Waals surface area (Å²) in [4.78, 5) is 2.42. The molecule has 12 rings (SSSR count). The van der Waals surface area contributed by atoms with E-state index < -0.39 is 0 Å². The minimum Gasteiger partial charge on any atom is -0.455 e. The SMILES string of the molecule is c1ccc(N(c2cc(-c3ccc(-n4c5ccccc5c5ccccc54)cc3)c3sc4ccccc4c3c2)c2ccccc2-c2cccc3c2oc2ccccc23)cc1. The Morgan fingerprint density at radius 1 is 0.414 bits per heavy atom. The number of thiophene rings is 1. The van der Waals surface area contributed by atoms with E-state index in [1.165, 1.54) is 53.1 Å². The normalized spacial score (nSPS) is 11.8. The molecule has 3 nitrogen and oxygen atoms in total. The number of benzene rings is 9. The van der Waals surface area contributed by atoms with E-state index in [1.807, 2.05) is 17.4 Å². The van der Waals surface area contributed by atoms with Crippen molar-refractivity contribution in [1.82, 2.24) is 4.57 Å². The van der Waals surface area contributed by atoms with E-state index in [1.54, 1.807) is 0 Å². The lowest BCUT2D eigenvalue weighted by Crippen LogP contribution is -2.11. The van der Waals surface area contributed by atoms with Gasteiger partial charge in [-0.1, -0.05) is 140 Å². The molecular weight excluding hydrogens is 725 g/mol. The Balaban J connectivity index is 1.08. The lowest BCUT2D eigenvalue weighted by Gasteiger charge is -2.28. The Labute approximate surface area is 338 Å². The molecule has 0 saturated heterocycles. The van der Waals surface area contributed by atoms with Gasteiger partial charge in [0.05, 0.1) is 16.7 Å². The number of anilines is 3. The van der Waals surface area contributed by atoms with Crippen LogP contribution in [0.2, 0.25) is 0 Å². The van der Waals surface area contributed by atoms with Crippen molar-refractivity contribution in [2.45, 2.75) is 0 Å². The van der Waals surface area contributed by atoms with Gasteiger partial charge in [0.1, 0.15) is 11.2 Å². The number of fused-ring (bicyclic) bond motifs is 9. The van der Waals surface area contributed by atoms with Gasteiger partial charge in [-0.25, -0.2) is 0 Å². The van der Waals surface area contributed by atoms with E-state index in [4.69, 9.17) is 4.42 Å². The molecule has 0 aliphatic carbocycles. The van der Waals surface area contributed by atoms with Crippen LogP contribution in [-0.2, 0) is 0 Å². The molecule has 4 heteroatoms. The van der Waals surface area contributed by atoms with E-state index in [-0.39, 0.29) is 0 Å². The van der Waals surface area contributed by atoms with Crippen LogP contribution < -0.4 is 4.90 Å². The first kappa shape index (κ1) is 32.8. The number of nitrogens with zero attached hydrogens (tertiary/aromatic N) is 2. The van der Waals surface area contributed by atoms with E-state index in [0.29, 0.717) is 0 Å². The number of aromatic nitrogens is 1. The monoisotopic (exact) mass is 758 g/mol. The Bertz CT molecular complexity index is 3460. The van der Waals surface area contributed by atoms with Crippen LogP contribution in [-0.4, -0.2) is 4.57 Å². The predicted molar refractivity (Wildman–Crippen MR) is 247 cm³/mol. The Hall–Kier alpha value is -7.40. The molecule has 0 aliphatic heterocycles. The first-order valence-corrected chi connectivity index (χ1v) is 20.5. The molecule has 0 N–H and O–H groups in total. The van der Waals surface area contributed by atoms with Crippen LogP contribution in [0.3, 0.4) is 0 Å². The number of para-hydroxylation sites is 6. The molecule has 3 heterocycles. The third-order valence-corrected chi connectivity index (χ3v) is 12.8. The zero-order chi connectivity index (χ0) is 38.2. The van der Waals surface area contributed by atoms with Crippen molar-refractivity contribution in [3.8, 4) is 27.9 Å². The second-order valence-electron chi connectivity index (χ2n) is 14.9. The fourth-order valence-electron chi connectivity index (χ4n) is 9.01. The van der Waals surface area contributed by atoms with E-state index >= 15 is 0 Å². The average Bonchev–Trinajstić information content (AvgIpc) is 3.97. The predicted octanol–water partition coefficient (Wildman–Crippen LogP) is 15.9. The first-order chi connectivity index (χ1) is 28.8. The summed E-state index contributed by atoms with van der Waals surface area (Å²) >= 11 is 1.87. The highest BCUT2D eigenvalue weighted by Crippen LogP contribution is 2.48. The van der Waals surface area contributed by atoms with Crippen molar-refractivity contribution in [2.24, 2.45) is 0 Å². The number of hydrogen-bond acceptors (Lipinski definition) is 3. The Morgan fingerprint density at radius 2 is 1.03 bits per heavy atom. The fourth-order valence-corrected chi connectivity index (χ4v) is 10.2. The molecule has 0 radical (unpaired) electrons. The molecule has 3 aromatic heterocycles. The molecule has 0 atom stereocenters. The maximum absolute atomic E-state index is 6.62. The van der Waals surface area contributed by atoms with Gasteiger partial charge in [-0.2, -0.15) is 0 Å². The van der Waals surface area contributed by atoms with Gasteiger partial charge >= 0.3 is 0 Å². The second-order valence-corrected chi connectivity index (χ2v) is 15.9.